The van der Waals surface area contributed by atoms with E-state index < -0.39 is 0 Å². The Kier molecular flexibility index (Phi) is 13.2. The van der Waals surface area contributed by atoms with Crippen molar-refractivity contribution in [3.8, 4) is 39.1 Å². The third-order valence-corrected chi connectivity index (χ3v) is 11.2. The standard InChI is InChI=1S/C53H46N4.C6H6/c1-4-14-45(20-12-15-39(5-2)31-33-54)56(46-25-23-41(24-26-46)43-32-34-55-37-43)47-27-29-48(30-28-47)57-51-22-13-21-49(42-18-10-7-11-19-42)52(51)50-36-44(35-38(3)53(50)57)40-16-8-6-9-17-40;1-2-4-6-5-3-1/h4-14,16-37,55H,1,15,54H2,2-3H3;1-6H/b20-12-,33-31-,39-5-,45-14+;. The van der Waals surface area contributed by atoms with Gasteiger partial charge in [-0.2, -0.15) is 0 Å². The van der Waals surface area contributed by atoms with Crippen molar-refractivity contribution in [1.29, 1.82) is 0 Å². The maximum Gasteiger partial charge on any atom is 0.0570 e. The fourth-order valence-corrected chi connectivity index (χ4v) is 8.26. The second-order valence-corrected chi connectivity index (χ2v) is 15.3. The predicted octanol–water partition coefficient (Wildman–Crippen LogP) is 15.7. The van der Waals surface area contributed by atoms with Gasteiger partial charge < -0.3 is 20.2 Å². The van der Waals surface area contributed by atoms with Crippen molar-refractivity contribution in [2.45, 2.75) is 20.3 Å². The molecule has 0 saturated heterocycles. The lowest BCUT2D eigenvalue weighted by molar-refractivity contribution is 1.15. The number of nitrogens with two attached hydrogens (primary N) is 1. The molecule has 63 heavy (non-hydrogen) atoms. The maximum atomic E-state index is 5.73. The van der Waals surface area contributed by atoms with Crippen molar-refractivity contribution in [3.63, 3.8) is 0 Å². The van der Waals surface area contributed by atoms with Gasteiger partial charge in [-0.05, 0) is 150 Å². The lowest BCUT2D eigenvalue weighted by atomic mass is 9.96. The van der Waals surface area contributed by atoms with Gasteiger partial charge >= 0.3 is 0 Å². The Morgan fingerprint density at radius 2 is 1.27 bits per heavy atom. The largest absolute Gasteiger partial charge is 0.405 e. The first-order valence-corrected chi connectivity index (χ1v) is 21.4. The lowest BCUT2D eigenvalue weighted by Crippen LogP contribution is -2.15. The van der Waals surface area contributed by atoms with Crippen molar-refractivity contribution in [1.82, 2.24) is 9.55 Å². The molecule has 0 bridgehead atoms. The zero-order valence-electron chi connectivity index (χ0n) is 35.9. The molecule has 0 spiro atoms. The number of hydrogen-bond acceptors (Lipinski definition) is 2. The summed E-state index contributed by atoms with van der Waals surface area (Å²) in [7, 11) is 0. The smallest absolute Gasteiger partial charge is 0.0570 e. The molecule has 0 fully saturated rings. The molecule has 4 nitrogen and oxygen atoms in total. The summed E-state index contributed by atoms with van der Waals surface area (Å²) in [6.45, 7) is 8.36. The SMILES string of the molecule is C=C/C=C(\C=C/CC(/C=C\N)=C/C)N(c1ccc(-c2cc[nH]c2)cc1)c1ccc(-n2c3cccc(-c4ccccc4)c3c3cc(-c4ccccc4)cc(C)c32)cc1.c1ccccc1. The highest BCUT2D eigenvalue weighted by atomic mass is 15.1. The summed E-state index contributed by atoms with van der Waals surface area (Å²) >= 11 is 0. The summed E-state index contributed by atoms with van der Waals surface area (Å²) in [6.07, 6.45) is 18.6. The third-order valence-electron chi connectivity index (χ3n) is 11.2. The quantitative estimate of drug-likeness (QED) is 0.121. The number of nitrogens with one attached hydrogen (secondary N) is 1. The molecule has 0 aliphatic rings. The number of H-pyrrole nitrogens is 1. The molecule has 2 aromatic heterocycles. The van der Waals surface area contributed by atoms with Crippen molar-refractivity contribution < 1.29 is 0 Å². The highest BCUT2D eigenvalue weighted by molar-refractivity contribution is 6.17. The van der Waals surface area contributed by atoms with Gasteiger partial charge in [-0.15, -0.1) is 0 Å². The van der Waals surface area contributed by atoms with Crippen LogP contribution in [0.25, 0.3) is 60.9 Å². The minimum atomic E-state index is 0.752. The van der Waals surface area contributed by atoms with E-state index >= 15 is 0 Å². The summed E-state index contributed by atoms with van der Waals surface area (Å²) in [4.78, 5) is 5.46. The number of allylic oxidation sites excluding steroid dienone is 7. The van der Waals surface area contributed by atoms with E-state index in [1.807, 2.05) is 67.9 Å². The Morgan fingerprint density at radius 1 is 0.651 bits per heavy atom. The Bertz CT molecular complexity index is 3000. The van der Waals surface area contributed by atoms with E-state index in [2.05, 4.69) is 198 Å². The van der Waals surface area contributed by atoms with Gasteiger partial charge in [-0.1, -0.05) is 146 Å². The summed E-state index contributed by atoms with van der Waals surface area (Å²) < 4.78 is 2.44. The third kappa shape index (κ3) is 9.31. The number of fused-ring (bicyclic) bond motifs is 3. The summed E-state index contributed by atoms with van der Waals surface area (Å²) in [5.41, 5.74) is 21.8. The number of aromatic nitrogens is 2. The first-order valence-electron chi connectivity index (χ1n) is 21.4. The summed E-state index contributed by atoms with van der Waals surface area (Å²) in [5, 5.41) is 2.49. The van der Waals surface area contributed by atoms with Gasteiger partial charge in [-0.3, -0.25) is 0 Å². The average molecular weight is 817 g/mol. The lowest BCUT2D eigenvalue weighted by Gasteiger charge is -2.27. The second-order valence-electron chi connectivity index (χ2n) is 15.3. The highest BCUT2D eigenvalue weighted by Gasteiger charge is 2.20. The molecular weight excluding hydrogens is 765 g/mol. The van der Waals surface area contributed by atoms with Crippen LogP contribution in [0.15, 0.2) is 255 Å². The van der Waals surface area contributed by atoms with Crippen LogP contribution in [0, 0.1) is 6.92 Å². The average Bonchev–Trinajstić information content (AvgIpc) is 4.01. The van der Waals surface area contributed by atoms with Crippen LogP contribution in [-0.4, -0.2) is 9.55 Å². The van der Waals surface area contributed by atoms with E-state index in [-0.39, 0.29) is 0 Å². The summed E-state index contributed by atoms with van der Waals surface area (Å²) in [5.74, 6) is 0. The molecule has 0 atom stereocenters. The van der Waals surface area contributed by atoms with E-state index in [4.69, 9.17) is 5.73 Å². The Hall–Kier alpha value is -8.08. The highest BCUT2D eigenvalue weighted by Crippen LogP contribution is 2.42. The summed E-state index contributed by atoms with van der Waals surface area (Å²) in [6, 6.07) is 64.5. The topological polar surface area (TPSA) is 50.0 Å². The monoisotopic (exact) mass is 816 g/mol. The molecule has 0 unspecified atom stereocenters. The molecule has 3 N–H and O–H groups in total. The molecule has 4 heteroatoms. The van der Waals surface area contributed by atoms with Crippen molar-refractivity contribution in [2.24, 2.45) is 5.73 Å². The van der Waals surface area contributed by atoms with Crippen molar-refractivity contribution >= 4 is 33.2 Å². The van der Waals surface area contributed by atoms with Gasteiger partial charge in [0.1, 0.15) is 0 Å². The molecule has 0 radical (unpaired) electrons. The van der Waals surface area contributed by atoms with Crippen LogP contribution in [0.5, 0.6) is 0 Å². The number of anilines is 2. The molecule has 2 heterocycles. The minimum absolute atomic E-state index is 0.752. The van der Waals surface area contributed by atoms with E-state index in [0.29, 0.717) is 0 Å². The van der Waals surface area contributed by atoms with Crippen LogP contribution in [0.4, 0.5) is 11.4 Å². The first kappa shape index (κ1) is 41.6. The van der Waals surface area contributed by atoms with Crippen LogP contribution in [0.2, 0.25) is 0 Å². The van der Waals surface area contributed by atoms with Gasteiger partial charge in [0.2, 0.25) is 0 Å². The van der Waals surface area contributed by atoms with Crippen LogP contribution in [0.1, 0.15) is 18.9 Å². The van der Waals surface area contributed by atoms with Crippen LogP contribution >= 0.6 is 0 Å². The van der Waals surface area contributed by atoms with Crippen LogP contribution in [0.3, 0.4) is 0 Å². The number of aryl methyl sites for hydroxylation is 1. The van der Waals surface area contributed by atoms with E-state index in [0.717, 1.165) is 45.9 Å². The normalized spacial score (nSPS) is 11.9. The van der Waals surface area contributed by atoms with Gasteiger partial charge in [0.05, 0.1) is 11.0 Å². The van der Waals surface area contributed by atoms with Gasteiger partial charge in [-0.25, -0.2) is 0 Å². The molecular formula is C59H52N4. The number of benzene rings is 7. The Balaban J connectivity index is 0.000000838. The van der Waals surface area contributed by atoms with E-state index in [1.54, 1.807) is 6.20 Å². The molecule has 0 saturated carbocycles. The van der Waals surface area contributed by atoms with Crippen LogP contribution in [-0.2, 0) is 0 Å². The fraction of sp³-hybridized carbons (Fsp3) is 0.0508. The van der Waals surface area contributed by atoms with E-state index in [9.17, 15) is 0 Å². The van der Waals surface area contributed by atoms with Gasteiger partial charge in [0, 0.05) is 45.9 Å². The van der Waals surface area contributed by atoms with Crippen molar-refractivity contribution in [3.05, 3.63) is 260 Å². The van der Waals surface area contributed by atoms with Crippen molar-refractivity contribution in [2.75, 3.05) is 4.90 Å². The molecule has 308 valence electrons. The number of rotatable bonds is 12. The maximum absolute atomic E-state index is 5.73. The Labute approximate surface area is 371 Å². The molecule has 0 amide bonds. The first-order chi connectivity index (χ1) is 31.1. The van der Waals surface area contributed by atoms with Gasteiger partial charge in [0.25, 0.3) is 0 Å². The Morgan fingerprint density at radius 3 is 1.87 bits per heavy atom. The van der Waals surface area contributed by atoms with Gasteiger partial charge in [0.15, 0.2) is 0 Å². The minimum Gasteiger partial charge on any atom is -0.405 e. The second kappa shape index (κ2) is 20.0. The number of nitrogens with zero attached hydrogens (tertiary/aromatic N) is 2. The molecule has 7 aromatic carbocycles. The number of hydrogen-bond donors (Lipinski definition) is 2. The van der Waals surface area contributed by atoms with Crippen LogP contribution < -0.4 is 10.6 Å². The zero-order chi connectivity index (χ0) is 43.4. The zero-order valence-corrected chi connectivity index (χ0v) is 35.9. The fourth-order valence-electron chi connectivity index (χ4n) is 8.26. The molecule has 9 rings (SSSR count). The van der Waals surface area contributed by atoms with E-state index in [1.165, 1.54) is 49.6 Å². The molecule has 0 aliphatic carbocycles. The molecule has 9 aromatic rings. The molecule has 0 aliphatic heterocycles. The predicted molar refractivity (Wildman–Crippen MR) is 270 cm³/mol. The number of aromatic amines is 1.